The maximum absolute atomic E-state index is 10.7. The smallest absolute Gasteiger partial charge is 0.241 e. The van der Waals surface area contributed by atoms with E-state index in [9.17, 15) is 10.1 Å². The Hall–Kier alpha value is -0.843. The van der Waals surface area contributed by atoms with Crippen molar-refractivity contribution < 1.29 is 9.35 Å². The first-order valence-electron chi connectivity index (χ1n) is 5.76. The average molecular weight is 245 g/mol. The fraction of sp³-hybridized carbons (Fsp3) is 0.818. The summed E-state index contributed by atoms with van der Waals surface area (Å²) < 4.78 is 5.57. The van der Waals surface area contributed by atoms with Gasteiger partial charge in [0.15, 0.2) is 0 Å². The maximum atomic E-state index is 10.7. The van der Waals surface area contributed by atoms with Gasteiger partial charge in [-0.1, -0.05) is 13.3 Å². The van der Waals surface area contributed by atoms with E-state index in [2.05, 4.69) is 19.6 Å². The molecule has 0 aromatic rings. The molecule has 0 fully saturated rings. The third-order valence-electron chi connectivity index (χ3n) is 2.32. The molecule has 0 rings (SSSR count). The van der Waals surface area contributed by atoms with E-state index in [4.69, 9.17) is 4.43 Å². The molecule has 0 aromatic heterocycles. The van der Waals surface area contributed by atoms with Gasteiger partial charge in [0, 0.05) is 17.8 Å². The average Bonchev–Trinajstić information content (AvgIpc) is 2.13. The fourth-order valence-corrected chi connectivity index (χ4v) is 1.82. The van der Waals surface area contributed by atoms with Crippen LogP contribution in [0.15, 0.2) is 12.3 Å². The van der Waals surface area contributed by atoms with Crippen LogP contribution in [0.3, 0.4) is 0 Å². The zero-order chi connectivity index (χ0) is 12.8. The number of hydrogen-bond donors (Lipinski definition) is 0. The Morgan fingerprint density at radius 3 is 2.38 bits per heavy atom. The van der Waals surface area contributed by atoms with Crippen LogP contribution in [0, 0.1) is 16.0 Å². The minimum Gasteiger partial charge on any atom is -0.550 e. The van der Waals surface area contributed by atoms with Gasteiger partial charge < -0.3 is 4.43 Å². The van der Waals surface area contributed by atoms with E-state index in [1.807, 2.05) is 13.0 Å². The molecule has 0 aromatic carbocycles. The van der Waals surface area contributed by atoms with E-state index < -0.39 is 14.4 Å². The SMILES string of the molecule is CCCC(C=CO[Si](C)(C)C)C(C)[N+](=O)[O-]. The first-order chi connectivity index (χ1) is 7.28. The molecule has 16 heavy (non-hydrogen) atoms. The molecule has 0 N–H and O–H groups in total. The molecule has 2 unspecified atom stereocenters. The molecular weight excluding hydrogens is 222 g/mol. The highest BCUT2D eigenvalue weighted by atomic mass is 28.4. The normalized spacial score (nSPS) is 16.1. The lowest BCUT2D eigenvalue weighted by Gasteiger charge is -2.17. The standard InChI is InChI=1S/C11H23NO3Si/c1-6-7-11(10(2)12(13)14)8-9-15-16(3,4)5/h8-11H,6-7H2,1-5H3. The summed E-state index contributed by atoms with van der Waals surface area (Å²) in [5, 5.41) is 10.7. The number of rotatable bonds is 7. The van der Waals surface area contributed by atoms with E-state index in [1.54, 1.807) is 13.2 Å². The minimum absolute atomic E-state index is 0.0312. The molecule has 0 aliphatic heterocycles. The van der Waals surface area contributed by atoms with Gasteiger partial charge >= 0.3 is 0 Å². The predicted molar refractivity (Wildman–Crippen MR) is 68.4 cm³/mol. The monoisotopic (exact) mass is 245 g/mol. The molecule has 0 radical (unpaired) electrons. The van der Waals surface area contributed by atoms with Gasteiger partial charge in [-0.3, -0.25) is 10.1 Å². The molecule has 0 saturated heterocycles. The van der Waals surface area contributed by atoms with E-state index in [0.29, 0.717) is 0 Å². The number of nitrogens with zero attached hydrogens (tertiary/aromatic N) is 1. The summed E-state index contributed by atoms with van der Waals surface area (Å²) in [6, 6.07) is -0.540. The fourth-order valence-electron chi connectivity index (χ4n) is 1.33. The van der Waals surface area contributed by atoms with E-state index in [0.717, 1.165) is 12.8 Å². The molecule has 0 bridgehead atoms. The highest BCUT2D eigenvalue weighted by Gasteiger charge is 2.23. The summed E-state index contributed by atoms with van der Waals surface area (Å²) in [5.74, 6) is -0.0312. The van der Waals surface area contributed by atoms with Crippen molar-refractivity contribution in [1.29, 1.82) is 0 Å². The van der Waals surface area contributed by atoms with Crippen molar-refractivity contribution >= 4 is 8.32 Å². The van der Waals surface area contributed by atoms with E-state index >= 15 is 0 Å². The topological polar surface area (TPSA) is 52.4 Å². The van der Waals surface area contributed by atoms with Gasteiger partial charge in [-0.25, -0.2) is 0 Å². The Labute approximate surface area is 99.0 Å². The molecule has 0 aliphatic carbocycles. The van der Waals surface area contributed by atoms with Crippen LogP contribution in [0.5, 0.6) is 0 Å². The summed E-state index contributed by atoms with van der Waals surface area (Å²) >= 11 is 0. The quantitative estimate of drug-likeness (QED) is 0.299. The van der Waals surface area contributed by atoms with Crippen LogP contribution in [-0.4, -0.2) is 19.3 Å². The molecule has 0 amide bonds. The van der Waals surface area contributed by atoms with Crippen LogP contribution >= 0.6 is 0 Å². The highest BCUT2D eigenvalue weighted by Crippen LogP contribution is 2.16. The van der Waals surface area contributed by atoms with Crippen molar-refractivity contribution in [2.75, 3.05) is 0 Å². The van der Waals surface area contributed by atoms with Crippen molar-refractivity contribution in [3.05, 3.63) is 22.5 Å². The minimum atomic E-state index is -1.57. The summed E-state index contributed by atoms with van der Waals surface area (Å²) in [7, 11) is -1.57. The number of nitro groups is 1. The second-order valence-electron chi connectivity index (χ2n) is 5.04. The summed E-state index contributed by atoms with van der Waals surface area (Å²) in [4.78, 5) is 10.5. The van der Waals surface area contributed by atoms with Crippen molar-refractivity contribution in [3.63, 3.8) is 0 Å². The molecule has 94 valence electrons. The largest absolute Gasteiger partial charge is 0.550 e. The molecule has 0 heterocycles. The van der Waals surface area contributed by atoms with Crippen LogP contribution in [-0.2, 0) is 4.43 Å². The van der Waals surface area contributed by atoms with Gasteiger partial charge in [0.25, 0.3) is 0 Å². The van der Waals surface area contributed by atoms with E-state index in [1.165, 1.54) is 0 Å². The first kappa shape index (κ1) is 15.2. The Morgan fingerprint density at radius 1 is 1.44 bits per heavy atom. The number of hydrogen-bond acceptors (Lipinski definition) is 3. The molecular formula is C11H23NO3Si. The van der Waals surface area contributed by atoms with Crippen molar-refractivity contribution in [2.24, 2.45) is 5.92 Å². The van der Waals surface area contributed by atoms with E-state index in [-0.39, 0.29) is 10.8 Å². The van der Waals surface area contributed by atoms with Gasteiger partial charge in [-0.05, 0) is 32.1 Å². The van der Waals surface area contributed by atoms with Crippen molar-refractivity contribution in [2.45, 2.75) is 52.4 Å². The summed E-state index contributed by atoms with van der Waals surface area (Å²) in [6.07, 6.45) is 5.27. The van der Waals surface area contributed by atoms with Gasteiger partial charge in [0.1, 0.15) is 0 Å². The second-order valence-corrected chi connectivity index (χ2v) is 9.50. The molecule has 2 atom stereocenters. The first-order valence-corrected chi connectivity index (χ1v) is 9.16. The van der Waals surface area contributed by atoms with Crippen molar-refractivity contribution in [1.82, 2.24) is 0 Å². The van der Waals surface area contributed by atoms with Crippen molar-refractivity contribution in [3.8, 4) is 0 Å². The van der Waals surface area contributed by atoms with Crippen LogP contribution in [0.4, 0.5) is 0 Å². The maximum Gasteiger partial charge on any atom is 0.241 e. The third kappa shape index (κ3) is 6.61. The molecule has 0 saturated carbocycles. The Balaban J connectivity index is 4.38. The van der Waals surface area contributed by atoms with Gasteiger partial charge in [-0.15, -0.1) is 0 Å². The Kier molecular flexibility index (Phi) is 6.33. The summed E-state index contributed by atoms with van der Waals surface area (Å²) in [5.41, 5.74) is 0. The van der Waals surface area contributed by atoms with Gasteiger partial charge in [0.2, 0.25) is 14.4 Å². The molecule has 5 heteroatoms. The van der Waals surface area contributed by atoms with Crippen LogP contribution < -0.4 is 0 Å². The second kappa shape index (κ2) is 6.68. The van der Waals surface area contributed by atoms with Gasteiger partial charge in [-0.2, -0.15) is 0 Å². The van der Waals surface area contributed by atoms with Crippen LogP contribution in [0.2, 0.25) is 19.6 Å². The Morgan fingerprint density at radius 2 is 2.00 bits per heavy atom. The lowest BCUT2D eigenvalue weighted by atomic mass is 9.97. The third-order valence-corrected chi connectivity index (χ3v) is 3.16. The highest BCUT2D eigenvalue weighted by molar-refractivity contribution is 6.69. The van der Waals surface area contributed by atoms with Crippen LogP contribution in [0.1, 0.15) is 26.7 Å². The lowest BCUT2D eigenvalue weighted by Crippen LogP contribution is -2.25. The zero-order valence-electron chi connectivity index (χ0n) is 10.9. The van der Waals surface area contributed by atoms with Gasteiger partial charge in [0.05, 0.1) is 6.26 Å². The predicted octanol–water partition coefficient (Wildman–Crippen LogP) is 3.43. The van der Waals surface area contributed by atoms with Crippen LogP contribution in [0.25, 0.3) is 0 Å². The molecule has 0 aliphatic rings. The molecule has 0 spiro atoms. The molecule has 4 nitrogen and oxygen atoms in total. The lowest BCUT2D eigenvalue weighted by molar-refractivity contribution is -0.525. The summed E-state index contributed by atoms with van der Waals surface area (Å²) in [6.45, 7) is 9.95. The Bertz CT molecular complexity index is 248. The zero-order valence-corrected chi connectivity index (χ0v) is 11.9.